The maximum atomic E-state index is 14.3. The van der Waals surface area contributed by atoms with Crippen LogP contribution in [0.15, 0.2) is 42.5 Å². The molecule has 0 bridgehead atoms. The zero-order valence-corrected chi connectivity index (χ0v) is 14.5. The summed E-state index contributed by atoms with van der Waals surface area (Å²) in [5, 5.41) is 0. The molecule has 0 aliphatic rings. The Morgan fingerprint density at radius 2 is 1.52 bits per heavy atom. The topological polar surface area (TPSA) is 9.23 Å². The molecule has 146 valence electrons. The summed E-state index contributed by atoms with van der Waals surface area (Å²) in [6, 6.07) is 9.15. The molecule has 0 saturated heterocycles. The number of halogens is 6. The van der Waals surface area contributed by atoms with Gasteiger partial charge in [0.15, 0.2) is 11.7 Å². The standard InChI is InChI=1S/C20H18F6O/c1-2-3-13-4-6-14(7-5-13)18(22)19(23)15-8-9-16(17(21)10-15)11-27-12-20(24,25)26/h4-10H,2-3,11-12H2,1H3/b19-18-. The van der Waals surface area contributed by atoms with Gasteiger partial charge in [0.05, 0.1) is 6.61 Å². The molecule has 0 aliphatic heterocycles. The molecule has 0 N–H and O–H groups in total. The van der Waals surface area contributed by atoms with Gasteiger partial charge in [0.1, 0.15) is 12.4 Å². The molecular formula is C20H18F6O. The molecule has 0 saturated carbocycles. The third-order valence-corrected chi connectivity index (χ3v) is 3.77. The molecule has 0 amide bonds. The lowest BCUT2D eigenvalue weighted by Crippen LogP contribution is -2.17. The number of hydrogen-bond acceptors (Lipinski definition) is 1. The predicted molar refractivity (Wildman–Crippen MR) is 91.6 cm³/mol. The van der Waals surface area contributed by atoms with Gasteiger partial charge in [-0.15, -0.1) is 0 Å². The molecule has 2 rings (SSSR count). The zero-order chi connectivity index (χ0) is 20.0. The van der Waals surface area contributed by atoms with Crippen molar-refractivity contribution in [2.75, 3.05) is 6.61 Å². The van der Waals surface area contributed by atoms with Gasteiger partial charge < -0.3 is 4.74 Å². The maximum absolute atomic E-state index is 14.3. The van der Waals surface area contributed by atoms with Crippen LogP contribution in [0.25, 0.3) is 11.7 Å². The van der Waals surface area contributed by atoms with Crippen molar-refractivity contribution in [2.45, 2.75) is 32.5 Å². The molecule has 1 nitrogen and oxygen atoms in total. The first-order valence-electron chi connectivity index (χ1n) is 8.29. The Balaban J connectivity index is 2.16. The smallest absolute Gasteiger partial charge is 0.367 e. The molecule has 2 aromatic rings. The van der Waals surface area contributed by atoms with Crippen molar-refractivity contribution in [3.05, 3.63) is 70.5 Å². The molecule has 0 fully saturated rings. The van der Waals surface area contributed by atoms with Gasteiger partial charge in [-0.05, 0) is 18.1 Å². The molecule has 2 aromatic carbocycles. The number of aryl methyl sites for hydroxylation is 1. The van der Waals surface area contributed by atoms with Crippen LogP contribution in [0.3, 0.4) is 0 Å². The summed E-state index contributed by atoms with van der Waals surface area (Å²) in [4.78, 5) is 0. The molecule has 0 aromatic heterocycles. The predicted octanol–water partition coefficient (Wildman–Crippen LogP) is 6.62. The van der Waals surface area contributed by atoms with Crippen LogP contribution >= 0.6 is 0 Å². The molecule has 0 atom stereocenters. The van der Waals surface area contributed by atoms with Gasteiger partial charge in [0.2, 0.25) is 0 Å². The fourth-order valence-corrected chi connectivity index (χ4v) is 2.44. The van der Waals surface area contributed by atoms with Gasteiger partial charge in [-0.3, -0.25) is 0 Å². The van der Waals surface area contributed by atoms with Crippen LogP contribution in [0.2, 0.25) is 0 Å². The van der Waals surface area contributed by atoms with Gasteiger partial charge in [0.25, 0.3) is 0 Å². The number of ether oxygens (including phenoxy) is 1. The Labute approximate surface area is 153 Å². The Kier molecular flexibility index (Phi) is 7.07. The third kappa shape index (κ3) is 6.13. The fourth-order valence-electron chi connectivity index (χ4n) is 2.44. The molecule has 27 heavy (non-hydrogen) atoms. The van der Waals surface area contributed by atoms with Crippen molar-refractivity contribution in [3.8, 4) is 0 Å². The average Bonchev–Trinajstić information content (AvgIpc) is 2.62. The van der Waals surface area contributed by atoms with Crippen LogP contribution in [0.1, 0.15) is 35.6 Å². The normalized spacial score (nSPS) is 12.9. The molecular weight excluding hydrogens is 370 g/mol. The van der Waals surface area contributed by atoms with Gasteiger partial charge in [-0.25, -0.2) is 13.2 Å². The summed E-state index contributed by atoms with van der Waals surface area (Å²) in [5.74, 6) is -3.37. The summed E-state index contributed by atoms with van der Waals surface area (Å²) < 4.78 is 83.1. The zero-order valence-electron chi connectivity index (χ0n) is 14.5. The molecule has 0 unspecified atom stereocenters. The Bertz CT molecular complexity index is 793. The van der Waals surface area contributed by atoms with Gasteiger partial charge >= 0.3 is 6.18 Å². The minimum absolute atomic E-state index is 0.0188. The van der Waals surface area contributed by atoms with E-state index in [2.05, 4.69) is 4.74 Å². The lowest BCUT2D eigenvalue weighted by molar-refractivity contribution is -0.176. The van der Waals surface area contributed by atoms with E-state index < -0.39 is 36.9 Å². The summed E-state index contributed by atoms with van der Waals surface area (Å²) in [6.07, 6.45) is -2.79. The van der Waals surface area contributed by atoms with E-state index in [0.717, 1.165) is 36.6 Å². The first kappa shape index (κ1) is 21.0. The van der Waals surface area contributed by atoms with Gasteiger partial charge in [-0.1, -0.05) is 49.7 Å². The molecule has 0 heterocycles. The van der Waals surface area contributed by atoms with Crippen molar-refractivity contribution in [2.24, 2.45) is 0 Å². The van der Waals surface area contributed by atoms with Crippen molar-refractivity contribution >= 4 is 11.7 Å². The second-order valence-electron chi connectivity index (χ2n) is 5.99. The van der Waals surface area contributed by atoms with E-state index in [1.54, 1.807) is 12.1 Å². The lowest BCUT2D eigenvalue weighted by Gasteiger charge is -2.09. The van der Waals surface area contributed by atoms with Crippen LogP contribution in [-0.2, 0) is 17.8 Å². The van der Waals surface area contributed by atoms with Crippen LogP contribution in [-0.4, -0.2) is 12.8 Å². The number of benzene rings is 2. The first-order chi connectivity index (χ1) is 12.7. The molecule has 0 aliphatic carbocycles. The number of rotatable bonds is 7. The highest BCUT2D eigenvalue weighted by molar-refractivity contribution is 5.83. The van der Waals surface area contributed by atoms with Crippen molar-refractivity contribution < 1.29 is 31.1 Å². The van der Waals surface area contributed by atoms with E-state index in [4.69, 9.17) is 0 Å². The van der Waals surface area contributed by atoms with E-state index in [1.165, 1.54) is 12.1 Å². The lowest BCUT2D eigenvalue weighted by atomic mass is 10.0. The average molecular weight is 388 g/mol. The summed E-state index contributed by atoms with van der Waals surface area (Å²) >= 11 is 0. The third-order valence-electron chi connectivity index (χ3n) is 3.77. The Morgan fingerprint density at radius 3 is 2.07 bits per heavy atom. The Hall–Kier alpha value is -2.28. The first-order valence-corrected chi connectivity index (χ1v) is 8.29. The van der Waals surface area contributed by atoms with Gasteiger partial charge in [0, 0.05) is 16.7 Å². The minimum atomic E-state index is -4.53. The van der Waals surface area contributed by atoms with E-state index in [1.807, 2.05) is 6.92 Å². The quantitative estimate of drug-likeness (QED) is 0.382. The summed E-state index contributed by atoms with van der Waals surface area (Å²) in [5.41, 5.74) is 0.483. The van der Waals surface area contributed by atoms with Gasteiger partial charge in [-0.2, -0.15) is 13.2 Å². The highest BCUT2D eigenvalue weighted by Gasteiger charge is 2.27. The molecule has 7 heteroatoms. The van der Waals surface area contributed by atoms with Crippen molar-refractivity contribution in [3.63, 3.8) is 0 Å². The molecule has 0 radical (unpaired) electrons. The fraction of sp³-hybridized carbons (Fsp3) is 0.300. The molecule has 0 spiro atoms. The van der Waals surface area contributed by atoms with Crippen molar-refractivity contribution in [1.29, 1.82) is 0 Å². The summed E-state index contributed by atoms with van der Waals surface area (Å²) in [7, 11) is 0. The minimum Gasteiger partial charge on any atom is -0.367 e. The summed E-state index contributed by atoms with van der Waals surface area (Å²) in [6.45, 7) is -0.149. The van der Waals surface area contributed by atoms with Crippen LogP contribution in [0.5, 0.6) is 0 Å². The monoisotopic (exact) mass is 388 g/mol. The van der Waals surface area contributed by atoms with Crippen molar-refractivity contribution in [1.82, 2.24) is 0 Å². The van der Waals surface area contributed by atoms with Crippen LogP contribution in [0, 0.1) is 5.82 Å². The maximum Gasteiger partial charge on any atom is 0.411 e. The highest BCUT2D eigenvalue weighted by Crippen LogP contribution is 2.30. The van der Waals surface area contributed by atoms with E-state index >= 15 is 0 Å². The number of alkyl halides is 3. The number of hydrogen-bond donors (Lipinski definition) is 0. The van der Waals surface area contributed by atoms with E-state index in [0.29, 0.717) is 0 Å². The second-order valence-corrected chi connectivity index (χ2v) is 5.99. The largest absolute Gasteiger partial charge is 0.411 e. The van der Waals surface area contributed by atoms with E-state index in [-0.39, 0.29) is 16.7 Å². The second kappa shape index (κ2) is 9.08. The van der Waals surface area contributed by atoms with E-state index in [9.17, 15) is 26.3 Å². The Morgan fingerprint density at radius 1 is 0.926 bits per heavy atom. The van der Waals surface area contributed by atoms with Crippen LogP contribution in [0.4, 0.5) is 26.3 Å². The van der Waals surface area contributed by atoms with Crippen LogP contribution < -0.4 is 0 Å². The highest BCUT2D eigenvalue weighted by atomic mass is 19.4. The SMILES string of the molecule is CCCc1ccc(/C(F)=C(/F)c2ccc(COCC(F)(F)F)c(F)c2)cc1.